The number of aromatic nitrogens is 1. The van der Waals surface area contributed by atoms with Crippen LogP contribution in [0.4, 0.5) is 4.79 Å². The molecule has 3 amide bonds. The van der Waals surface area contributed by atoms with Gasteiger partial charge in [0.1, 0.15) is 12.3 Å². The molecule has 2 saturated heterocycles. The fourth-order valence-corrected chi connectivity index (χ4v) is 5.17. The molecule has 8 nitrogen and oxygen atoms in total. The Bertz CT molecular complexity index is 1300. The maximum absolute atomic E-state index is 13.0. The lowest BCUT2D eigenvalue weighted by molar-refractivity contribution is -0.139. The van der Waals surface area contributed by atoms with Crippen LogP contribution in [-0.4, -0.2) is 70.9 Å². The zero-order valence-corrected chi connectivity index (χ0v) is 20.6. The lowest BCUT2D eigenvalue weighted by atomic mass is 10.1. The molecule has 5 rings (SSSR count). The Morgan fingerprint density at radius 3 is 2.58 bits per heavy atom. The van der Waals surface area contributed by atoms with Gasteiger partial charge in [-0.3, -0.25) is 19.3 Å². The predicted molar refractivity (Wildman–Crippen MR) is 139 cm³/mol. The summed E-state index contributed by atoms with van der Waals surface area (Å²) in [5, 5.41) is 0.576. The quantitative estimate of drug-likeness (QED) is 0.340. The van der Waals surface area contributed by atoms with Gasteiger partial charge in [-0.15, -0.1) is 0 Å². The number of hydrogen-bond donors (Lipinski definition) is 0. The number of nitrogens with zero attached hydrogens (tertiary/aromatic N) is 3. The maximum atomic E-state index is 13.0. The number of imide groups is 1. The van der Waals surface area contributed by atoms with E-state index in [0.29, 0.717) is 37.8 Å². The van der Waals surface area contributed by atoms with Crippen molar-refractivity contribution in [2.24, 2.45) is 0 Å². The monoisotopic (exact) mass is 505 g/mol. The standard InChI is InChI=1S/C27H27N3O5S/c31-25(28-12-15-34-16-13-28)19-30-26(32)24(36-27(30)33)17-20-18-29(23-10-5-4-9-22(20)23)11-6-14-35-21-7-2-1-3-8-21/h1-5,7-10,17-18H,6,11-16,19H2/b24-17-. The topological polar surface area (TPSA) is 81.1 Å². The number of carbonyl (C=O) groups excluding carboxylic acids is 3. The molecule has 0 atom stereocenters. The molecular formula is C27H27N3O5S. The molecule has 2 aliphatic heterocycles. The van der Waals surface area contributed by atoms with Gasteiger partial charge < -0.3 is 18.9 Å². The van der Waals surface area contributed by atoms with Gasteiger partial charge in [0, 0.05) is 42.3 Å². The molecule has 36 heavy (non-hydrogen) atoms. The van der Waals surface area contributed by atoms with E-state index >= 15 is 0 Å². The van der Waals surface area contributed by atoms with Crippen LogP contribution >= 0.6 is 11.8 Å². The Morgan fingerprint density at radius 2 is 1.78 bits per heavy atom. The summed E-state index contributed by atoms with van der Waals surface area (Å²) in [7, 11) is 0. The summed E-state index contributed by atoms with van der Waals surface area (Å²) in [5.74, 6) is 0.175. The molecule has 0 bridgehead atoms. The van der Waals surface area contributed by atoms with Gasteiger partial charge in [0.25, 0.3) is 11.1 Å². The van der Waals surface area contributed by atoms with Crippen LogP contribution < -0.4 is 4.74 Å². The van der Waals surface area contributed by atoms with E-state index in [1.165, 1.54) is 0 Å². The van der Waals surface area contributed by atoms with Crippen molar-refractivity contribution in [1.29, 1.82) is 0 Å². The first-order valence-corrected chi connectivity index (χ1v) is 12.8. The first kappa shape index (κ1) is 24.1. The van der Waals surface area contributed by atoms with Gasteiger partial charge in [-0.05, 0) is 42.5 Å². The number of ether oxygens (including phenoxy) is 2. The second kappa shape index (κ2) is 11.0. The third kappa shape index (κ3) is 5.32. The van der Waals surface area contributed by atoms with Gasteiger partial charge in [-0.25, -0.2) is 0 Å². The number of benzene rings is 2. The number of hydrogen-bond acceptors (Lipinski definition) is 6. The van der Waals surface area contributed by atoms with Crippen LogP contribution in [0, 0.1) is 0 Å². The zero-order valence-electron chi connectivity index (χ0n) is 19.8. The van der Waals surface area contributed by atoms with E-state index < -0.39 is 11.1 Å². The normalized spacial score (nSPS) is 17.4. The molecule has 2 fully saturated rings. The molecule has 3 heterocycles. The molecule has 0 radical (unpaired) electrons. The predicted octanol–water partition coefficient (Wildman–Crippen LogP) is 4.01. The number of aryl methyl sites for hydroxylation is 1. The number of morpholine rings is 1. The van der Waals surface area contributed by atoms with Gasteiger partial charge in [0.2, 0.25) is 5.91 Å². The smallest absolute Gasteiger partial charge is 0.294 e. The SMILES string of the molecule is O=C(CN1C(=O)S/C(=C\c2cn(CCCOc3ccccc3)c3ccccc23)C1=O)N1CCOCC1. The van der Waals surface area contributed by atoms with Crippen molar-refractivity contribution in [2.75, 3.05) is 39.5 Å². The van der Waals surface area contributed by atoms with E-state index in [4.69, 9.17) is 9.47 Å². The molecule has 0 N–H and O–H groups in total. The minimum atomic E-state index is -0.431. The average Bonchev–Trinajstić information content (AvgIpc) is 3.39. The van der Waals surface area contributed by atoms with Gasteiger partial charge >= 0.3 is 0 Å². The van der Waals surface area contributed by atoms with E-state index in [-0.39, 0.29) is 12.5 Å². The van der Waals surface area contributed by atoms with E-state index in [0.717, 1.165) is 51.8 Å². The molecule has 186 valence electrons. The molecule has 1 aromatic heterocycles. The molecule has 2 aromatic carbocycles. The zero-order chi connectivity index (χ0) is 24.9. The average molecular weight is 506 g/mol. The molecule has 2 aliphatic rings. The van der Waals surface area contributed by atoms with Crippen molar-refractivity contribution < 1.29 is 23.9 Å². The fourth-order valence-electron chi connectivity index (χ4n) is 4.34. The Balaban J connectivity index is 1.28. The molecule has 3 aromatic rings. The third-order valence-electron chi connectivity index (χ3n) is 6.19. The van der Waals surface area contributed by atoms with Crippen molar-refractivity contribution >= 4 is 45.8 Å². The minimum Gasteiger partial charge on any atom is -0.494 e. The Kier molecular flexibility index (Phi) is 7.39. The van der Waals surface area contributed by atoms with Crippen LogP contribution in [0.15, 0.2) is 65.7 Å². The van der Waals surface area contributed by atoms with E-state index in [1.807, 2.05) is 60.8 Å². The number of amides is 3. The van der Waals surface area contributed by atoms with Crippen LogP contribution in [0.1, 0.15) is 12.0 Å². The molecular weight excluding hydrogens is 478 g/mol. The van der Waals surface area contributed by atoms with Gasteiger partial charge in [-0.1, -0.05) is 36.4 Å². The van der Waals surface area contributed by atoms with Crippen LogP contribution in [0.3, 0.4) is 0 Å². The first-order valence-electron chi connectivity index (χ1n) is 12.0. The highest BCUT2D eigenvalue weighted by atomic mass is 32.2. The molecule has 0 unspecified atom stereocenters. The number of thioether (sulfide) groups is 1. The van der Waals surface area contributed by atoms with Crippen LogP contribution in [0.2, 0.25) is 0 Å². The lowest BCUT2D eigenvalue weighted by Crippen LogP contribution is -2.46. The third-order valence-corrected chi connectivity index (χ3v) is 7.10. The molecule has 0 aliphatic carbocycles. The maximum Gasteiger partial charge on any atom is 0.294 e. The number of carbonyl (C=O) groups is 3. The van der Waals surface area contributed by atoms with Crippen molar-refractivity contribution in [3.05, 3.63) is 71.3 Å². The summed E-state index contributed by atoms with van der Waals surface area (Å²) in [6, 6.07) is 17.7. The number of fused-ring (bicyclic) bond motifs is 1. The highest BCUT2D eigenvalue weighted by Gasteiger charge is 2.37. The van der Waals surface area contributed by atoms with Crippen molar-refractivity contribution in [3.63, 3.8) is 0 Å². The molecule has 0 saturated carbocycles. The van der Waals surface area contributed by atoms with E-state index in [9.17, 15) is 14.4 Å². The summed E-state index contributed by atoms with van der Waals surface area (Å²) in [6.07, 6.45) is 4.57. The fraction of sp³-hybridized carbons (Fsp3) is 0.296. The summed E-state index contributed by atoms with van der Waals surface area (Å²) in [6.45, 7) is 2.97. The minimum absolute atomic E-state index is 0.240. The van der Waals surface area contributed by atoms with Gasteiger partial charge in [0.15, 0.2) is 0 Å². The largest absolute Gasteiger partial charge is 0.494 e. The second-order valence-corrected chi connectivity index (χ2v) is 9.56. The first-order chi connectivity index (χ1) is 17.6. The van der Waals surface area contributed by atoms with Crippen LogP contribution in [0.5, 0.6) is 5.75 Å². The van der Waals surface area contributed by atoms with Gasteiger partial charge in [-0.2, -0.15) is 0 Å². The second-order valence-electron chi connectivity index (χ2n) is 8.57. The molecule has 9 heteroatoms. The summed E-state index contributed by atoms with van der Waals surface area (Å²) in [4.78, 5) is 41.2. The lowest BCUT2D eigenvalue weighted by Gasteiger charge is -2.28. The Morgan fingerprint density at radius 1 is 1.03 bits per heavy atom. The summed E-state index contributed by atoms with van der Waals surface area (Å²) >= 11 is 0.876. The number of rotatable bonds is 8. The highest BCUT2D eigenvalue weighted by molar-refractivity contribution is 8.18. The number of para-hydroxylation sites is 2. The highest BCUT2D eigenvalue weighted by Crippen LogP contribution is 2.34. The van der Waals surface area contributed by atoms with Crippen LogP contribution in [0.25, 0.3) is 17.0 Å². The Labute approximate surface area is 213 Å². The summed E-state index contributed by atoms with van der Waals surface area (Å²) < 4.78 is 13.2. The summed E-state index contributed by atoms with van der Waals surface area (Å²) in [5.41, 5.74) is 1.91. The molecule has 0 spiro atoms. The van der Waals surface area contributed by atoms with Gasteiger partial charge in [0.05, 0.1) is 24.7 Å². The van der Waals surface area contributed by atoms with Crippen molar-refractivity contribution in [2.45, 2.75) is 13.0 Å². The van der Waals surface area contributed by atoms with E-state index in [2.05, 4.69) is 4.57 Å². The van der Waals surface area contributed by atoms with Crippen LogP contribution in [-0.2, 0) is 20.9 Å². The Hall–Kier alpha value is -3.56. The van der Waals surface area contributed by atoms with E-state index in [1.54, 1.807) is 11.0 Å². The van der Waals surface area contributed by atoms with Crippen molar-refractivity contribution in [1.82, 2.24) is 14.4 Å². The van der Waals surface area contributed by atoms with Crippen molar-refractivity contribution in [3.8, 4) is 5.75 Å².